The molecule has 0 aliphatic carbocycles. The molecule has 1 aliphatic heterocycles. The third-order valence-corrected chi connectivity index (χ3v) is 6.94. The summed E-state index contributed by atoms with van der Waals surface area (Å²) in [6.07, 6.45) is 2.30. The Morgan fingerprint density at radius 1 is 1.30 bits per heavy atom. The number of urea groups is 1. The van der Waals surface area contributed by atoms with Gasteiger partial charge in [0, 0.05) is 44.7 Å². The molecule has 37 heavy (non-hydrogen) atoms. The van der Waals surface area contributed by atoms with E-state index in [9.17, 15) is 14.7 Å². The molecule has 0 bridgehead atoms. The van der Waals surface area contributed by atoms with Gasteiger partial charge >= 0.3 is 6.03 Å². The van der Waals surface area contributed by atoms with E-state index in [1.807, 2.05) is 38.1 Å². The third-order valence-electron chi connectivity index (χ3n) is 6.94. The molecule has 1 aromatic carbocycles. The number of fused-ring (bicyclic) bond motifs is 1. The van der Waals surface area contributed by atoms with Crippen LogP contribution in [0.3, 0.4) is 0 Å². The Balaban J connectivity index is 1.74. The number of ether oxygens (including phenoxy) is 1. The Bertz CT molecular complexity index is 1030. The van der Waals surface area contributed by atoms with Gasteiger partial charge in [-0.3, -0.25) is 4.79 Å². The third kappa shape index (κ3) is 7.75. The van der Waals surface area contributed by atoms with Crippen LogP contribution in [0.15, 0.2) is 30.5 Å². The summed E-state index contributed by atoms with van der Waals surface area (Å²) in [5, 5.41) is 20.8. The van der Waals surface area contributed by atoms with E-state index in [0.29, 0.717) is 39.1 Å². The van der Waals surface area contributed by atoms with Crippen molar-refractivity contribution in [3.8, 4) is 0 Å². The topological polar surface area (TPSA) is 113 Å². The molecular weight excluding hydrogens is 472 g/mol. The number of hydrogen-bond acceptors (Lipinski definition) is 6. The number of nitrogens with one attached hydrogen (secondary N) is 1. The zero-order valence-corrected chi connectivity index (χ0v) is 23.0. The van der Waals surface area contributed by atoms with Gasteiger partial charge in [-0.2, -0.15) is 0 Å². The van der Waals surface area contributed by atoms with Gasteiger partial charge in [0.25, 0.3) is 0 Å². The van der Waals surface area contributed by atoms with Crippen molar-refractivity contribution in [2.24, 2.45) is 5.92 Å². The first-order valence-corrected chi connectivity index (χ1v) is 13.0. The fourth-order valence-electron chi connectivity index (χ4n) is 4.37. The summed E-state index contributed by atoms with van der Waals surface area (Å²) in [6.45, 7) is 11.8. The maximum atomic E-state index is 13.0. The predicted octanol–water partition coefficient (Wildman–Crippen LogP) is 3.26. The first kappa shape index (κ1) is 28.6. The second-order valence-corrected chi connectivity index (χ2v) is 11.1. The van der Waals surface area contributed by atoms with Crippen molar-refractivity contribution in [3.05, 3.63) is 41.7 Å². The maximum absolute atomic E-state index is 13.0. The summed E-state index contributed by atoms with van der Waals surface area (Å²) < 4.78 is 8.07. The number of carbonyl (C=O) groups is 2. The smallest absolute Gasteiger partial charge is 0.321 e. The minimum Gasteiger partial charge on any atom is -0.394 e. The number of aryl methyl sites for hydroxylation is 1. The van der Waals surface area contributed by atoms with E-state index in [4.69, 9.17) is 4.74 Å². The van der Waals surface area contributed by atoms with Gasteiger partial charge in [-0.25, -0.2) is 9.48 Å². The molecule has 10 nitrogen and oxygen atoms in total. The highest BCUT2D eigenvalue weighted by atomic mass is 16.5. The van der Waals surface area contributed by atoms with Crippen LogP contribution < -0.4 is 5.32 Å². The summed E-state index contributed by atoms with van der Waals surface area (Å²) >= 11 is 0. The summed E-state index contributed by atoms with van der Waals surface area (Å²) in [6, 6.07) is 7.33. The Kier molecular flexibility index (Phi) is 9.67. The Hall–Kier alpha value is -2.98. The number of carbonyl (C=O) groups excluding carboxylic acids is 2. The molecule has 0 unspecified atom stereocenters. The SMILES string of the molecule is C[C@H]1CN([C@@H](C)CO)C(=O)CCCn2nncc2CO[C@H]1CN(C)C(=O)Nc1ccc(C(C)(C)C)cc1. The molecule has 1 aromatic heterocycles. The standard InChI is InChI=1S/C27H42N6O4/c1-19-15-32(20(2)17-34)25(35)8-7-13-33-23(14-28-30-33)18-37-24(19)16-31(6)26(36)29-22-11-9-21(10-12-22)27(3,4)5/h9-12,14,19-20,24,34H,7-8,13,15-18H2,1-6H3,(H,29,36)/t19-,20-,24-/m0/s1. The zero-order chi connectivity index (χ0) is 27.2. The highest BCUT2D eigenvalue weighted by molar-refractivity contribution is 5.89. The second kappa shape index (κ2) is 12.5. The van der Waals surface area contributed by atoms with Crippen LogP contribution in [0.5, 0.6) is 0 Å². The van der Waals surface area contributed by atoms with E-state index in [-0.39, 0.29) is 42.0 Å². The molecule has 3 amide bonds. The average Bonchev–Trinajstić information content (AvgIpc) is 3.30. The molecule has 1 aliphatic rings. The minimum atomic E-state index is -0.358. The van der Waals surface area contributed by atoms with Crippen LogP contribution in [0.2, 0.25) is 0 Å². The molecule has 0 spiro atoms. The van der Waals surface area contributed by atoms with Gasteiger partial charge in [-0.05, 0) is 36.5 Å². The van der Waals surface area contributed by atoms with Crippen molar-refractivity contribution in [2.75, 3.05) is 32.1 Å². The molecule has 3 atom stereocenters. The fourth-order valence-corrected chi connectivity index (χ4v) is 4.37. The number of hydrogen-bond donors (Lipinski definition) is 2. The number of aliphatic hydroxyl groups is 1. The van der Waals surface area contributed by atoms with Gasteiger partial charge in [-0.1, -0.05) is 45.0 Å². The van der Waals surface area contributed by atoms with Crippen LogP contribution in [0.25, 0.3) is 0 Å². The molecule has 10 heteroatoms. The van der Waals surface area contributed by atoms with E-state index in [0.717, 1.165) is 11.4 Å². The number of rotatable bonds is 5. The number of aliphatic hydroxyl groups excluding tert-OH is 1. The lowest BCUT2D eigenvalue weighted by Gasteiger charge is -2.35. The molecule has 204 valence electrons. The number of benzene rings is 1. The first-order valence-electron chi connectivity index (χ1n) is 13.0. The van der Waals surface area contributed by atoms with Crippen LogP contribution in [0.4, 0.5) is 10.5 Å². The molecular formula is C27H42N6O4. The van der Waals surface area contributed by atoms with Gasteiger partial charge in [-0.15, -0.1) is 5.10 Å². The van der Waals surface area contributed by atoms with Crippen LogP contribution in [0, 0.1) is 5.92 Å². The average molecular weight is 515 g/mol. The zero-order valence-electron chi connectivity index (χ0n) is 23.0. The summed E-state index contributed by atoms with van der Waals surface area (Å²) in [5.74, 6) is -0.109. The summed E-state index contributed by atoms with van der Waals surface area (Å²) in [4.78, 5) is 29.3. The van der Waals surface area contributed by atoms with Crippen molar-refractivity contribution in [2.45, 2.75) is 78.2 Å². The van der Waals surface area contributed by atoms with Gasteiger partial charge in [0.15, 0.2) is 0 Å². The van der Waals surface area contributed by atoms with E-state index in [1.54, 1.807) is 27.7 Å². The first-order chi connectivity index (χ1) is 17.5. The summed E-state index contributed by atoms with van der Waals surface area (Å²) in [5.41, 5.74) is 2.78. The monoisotopic (exact) mass is 514 g/mol. The predicted molar refractivity (Wildman–Crippen MR) is 142 cm³/mol. The fraction of sp³-hybridized carbons (Fsp3) is 0.630. The minimum absolute atomic E-state index is 0.0146. The van der Waals surface area contributed by atoms with Gasteiger partial charge in [0.2, 0.25) is 5.91 Å². The number of anilines is 1. The molecule has 2 aromatic rings. The Morgan fingerprint density at radius 3 is 2.65 bits per heavy atom. The van der Waals surface area contributed by atoms with Crippen LogP contribution in [0.1, 0.15) is 58.7 Å². The van der Waals surface area contributed by atoms with Crippen LogP contribution in [-0.2, 0) is 28.1 Å². The van der Waals surface area contributed by atoms with E-state index < -0.39 is 0 Å². The highest BCUT2D eigenvalue weighted by Gasteiger charge is 2.29. The highest BCUT2D eigenvalue weighted by Crippen LogP contribution is 2.24. The lowest BCUT2D eigenvalue weighted by Crippen LogP contribution is -2.48. The van der Waals surface area contributed by atoms with Crippen LogP contribution in [-0.4, -0.2) is 80.7 Å². The van der Waals surface area contributed by atoms with Crippen molar-refractivity contribution >= 4 is 17.6 Å². The van der Waals surface area contributed by atoms with Crippen LogP contribution >= 0.6 is 0 Å². The van der Waals surface area contributed by atoms with E-state index in [1.165, 1.54) is 5.56 Å². The molecule has 0 saturated carbocycles. The molecule has 0 fully saturated rings. The van der Waals surface area contributed by atoms with Gasteiger partial charge in [0.1, 0.15) is 0 Å². The maximum Gasteiger partial charge on any atom is 0.321 e. The molecule has 2 N–H and O–H groups in total. The van der Waals surface area contributed by atoms with Crippen molar-refractivity contribution in [1.82, 2.24) is 24.8 Å². The van der Waals surface area contributed by atoms with Gasteiger partial charge in [0.05, 0.1) is 37.3 Å². The number of aromatic nitrogens is 3. The molecule has 0 saturated heterocycles. The molecule has 0 radical (unpaired) electrons. The lowest BCUT2D eigenvalue weighted by atomic mass is 9.87. The molecule has 3 rings (SSSR count). The Morgan fingerprint density at radius 2 is 2.00 bits per heavy atom. The van der Waals surface area contributed by atoms with Crippen molar-refractivity contribution in [3.63, 3.8) is 0 Å². The summed E-state index contributed by atoms with van der Waals surface area (Å²) in [7, 11) is 1.73. The van der Waals surface area contributed by atoms with Crippen molar-refractivity contribution < 1.29 is 19.4 Å². The number of likely N-dealkylation sites (N-methyl/N-ethyl adjacent to an activating group) is 1. The largest absolute Gasteiger partial charge is 0.394 e. The Labute approximate surface area is 220 Å². The van der Waals surface area contributed by atoms with Gasteiger partial charge < -0.3 is 25.0 Å². The normalized spacial score (nSPS) is 20.4. The number of amides is 3. The second-order valence-electron chi connectivity index (χ2n) is 11.1. The van der Waals surface area contributed by atoms with E-state index >= 15 is 0 Å². The lowest BCUT2D eigenvalue weighted by molar-refractivity contribution is -0.136. The van der Waals surface area contributed by atoms with Crippen molar-refractivity contribution in [1.29, 1.82) is 0 Å². The number of nitrogens with zero attached hydrogens (tertiary/aromatic N) is 5. The van der Waals surface area contributed by atoms with E-state index in [2.05, 4.69) is 36.4 Å². The quantitative estimate of drug-likeness (QED) is 0.633. The molecule has 2 heterocycles.